The van der Waals surface area contributed by atoms with Crippen molar-refractivity contribution in [2.75, 3.05) is 6.54 Å². The lowest BCUT2D eigenvalue weighted by Crippen LogP contribution is -2.56. The zero-order valence-corrected chi connectivity index (χ0v) is 31.4. The Morgan fingerprint density at radius 2 is 1.25 bits per heavy atom. The zero-order chi connectivity index (χ0) is 36.0. The van der Waals surface area contributed by atoms with Crippen LogP contribution < -0.4 is 19.7 Å². The average molecular weight is 686 g/mol. The Morgan fingerprint density at radius 1 is 0.771 bits per heavy atom. The smallest absolute Gasteiger partial charge is 0.444 e. The molecule has 48 heavy (non-hydrogen) atoms. The third-order valence-electron chi connectivity index (χ3n) is 8.26. The number of nitrogens with one attached hydrogen (secondary N) is 2. The lowest BCUT2D eigenvalue weighted by Gasteiger charge is -2.34. The molecule has 2 N–H and O–H groups in total. The molecule has 3 amide bonds. The van der Waals surface area contributed by atoms with Gasteiger partial charge in [-0.2, -0.15) is 0 Å². The van der Waals surface area contributed by atoms with E-state index >= 15 is 0 Å². The van der Waals surface area contributed by atoms with E-state index in [1.807, 2.05) is 52.0 Å². The fourth-order valence-electron chi connectivity index (χ4n) is 5.54. The van der Waals surface area contributed by atoms with Crippen molar-refractivity contribution in [3.8, 4) is 11.5 Å². The second kappa shape index (κ2) is 16.3. The van der Waals surface area contributed by atoms with Crippen LogP contribution in [0.4, 0.5) is 4.79 Å². The predicted octanol–water partition coefficient (Wildman–Crippen LogP) is 8.22. The van der Waals surface area contributed by atoms with Gasteiger partial charge in [0, 0.05) is 6.54 Å². The summed E-state index contributed by atoms with van der Waals surface area (Å²) in [6, 6.07) is 13.0. The molecule has 266 valence electrons. The van der Waals surface area contributed by atoms with E-state index in [2.05, 4.69) is 38.3 Å². The Morgan fingerprint density at radius 3 is 1.65 bits per heavy atom. The van der Waals surface area contributed by atoms with Gasteiger partial charge in [0.2, 0.25) is 11.8 Å². The molecule has 10 nitrogen and oxygen atoms in total. The van der Waals surface area contributed by atoms with Gasteiger partial charge < -0.3 is 29.3 Å². The summed E-state index contributed by atoms with van der Waals surface area (Å²) in [5.74, 6) is -1.20. The number of carbonyl (C=O) groups excluding carboxylic acids is 3. The monoisotopic (exact) mass is 685 g/mol. The van der Waals surface area contributed by atoms with Crippen molar-refractivity contribution in [1.29, 1.82) is 0 Å². The highest BCUT2D eigenvalue weighted by atomic mass is 31.2. The van der Waals surface area contributed by atoms with E-state index in [4.69, 9.17) is 13.8 Å². The van der Waals surface area contributed by atoms with E-state index in [1.54, 1.807) is 45.0 Å². The van der Waals surface area contributed by atoms with Crippen LogP contribution in [-0.4, -0.2) is 52.8 Å². The van der Waals surface area contributed by atoms with Gasteiger partial charge in [-0.3, -0.25) is 9.59 Å². The number of alkyl carbamates (subject to hydrolysis) is 1. The molecular weight excluding hydrogens is 629 g/mol. The molecule has 1 heterocycles. The van der Waals surface area contributed by atoms with Crippen molar-refractivity contribution >= 4 is 25.5 Å². The fourth-order valence-corrected chi connectivity index (χ4v) is 7.65. The second-order valence-corrected chi connectivity index (χ2v) is 16.9. The summed E-state index contributed by atoms with van der Waals surface area (Å²) >= 11 is 0. The number of hydrogen-bond donors (Lipinski definition) is 2. The zero-order valence-electron chi connectivity index (χ0n) is 30.5. The maximum absolute atomic E-state index is 14.9. The minimum atomic E-state index is -4.13. The van der Waals surface area contributed by atoms with Crippen molar-refractivity contribution in [2.24, 2.45) is 11.8 Å². The number of carbonyl (C=O) groups is 3. The Bertz CT molecular complexity index is 1370. The maximum atomic E-state index is 14.9. The molecule has 3 rings (SSSR count). The Balaban J connectivity index is 1.91. The van der Waals surface area contributed by atoms with Gasteiger partial charge in [0.25, 0.3) is 0 Å². The van der Waals surface area contributed by atoms with Crippen molar-refractivity contribution < 1.29 is 32.7 Å². The van der Waals surface area contributed by atoms with E-state index in [0.29, 0.717) is 42.7 Å². The van der Waals surface area contributed by atoms with Crippen LogP contribution in [0, 0.1) is 11.8 Å². The molecule has 11 heteroatoms. The van der Waals surface area contributed by atoms with E-state index in [1.165, 1.54) is 4.90 Å². The summed E-state index contributed by atoms with van der Waals surface area (Å²) in [5.41, 5.74) is 1.47. The lowest BCUT2D eigenvalue weighted by molar-refractivity contribution is -0.141. The molecule has 0 bridgehead atoms. The molecule has 1 aliphatic heterocycles. The number of amides is 3. The van der Waals surface area contributed by atoms with Gasteiger partial charge in [0.05, 0.1) is 0 Å². The van der Waals surface area contributed by atoms with Crippen molar-refractivity contribution in [1.82, 2.24) is 15.5 Å². The van der Waals surface area contributed by atoms with Crippen molar-refractivity contribution in [3.05, 3.63) is 59.7 Å². The maximum Gasteiger partial charge on any atom is 0.453 e. The van der Waals surface area contributed by atoms with Gasteiger partial charge >= 0.3 is 13.7 Å². The van der Waals surface area contributed by atoms with Crippen LogP contribution in [0.1, 0.15) is 112 Å². The van der Waals surface area contributed by atoms with Gasteiger partial charge in [-0.05, 0) is 92.7 Å². The molecule has 2 aromatic carbocycles. The summed E-state index contributed by atoms with van der Waals surface area (Å²) in [5, 5.41) is 5.67. The predicted molar refractivity (Wildman–Crippen MR) is 189 cm³/mol. The third-order valence-corrected chi connectivity index (χ3v) is 10.6. The highest BCUT2D eigenvalue weighted by Crippen LogP contribution is 2.54. The van der Waals surface area contributed by atoms with Gasteiger partial charge in [-0.1, -0.05) is 79.7 Å². The molecule has 0 aliphatic carbocycles. The minimum absolute atomic E-state index is 0.260. The van der Waals surface area contributed by atoms with Crippen LogP contribution in [-0.2, 0) is 18.9 Å². The Kier molecular flexibility index (Phi) is 13.2. The number of nitrogens with zero attached hydrogens (tertiary/aromatic N) is 1. The summed E-state index contributed by atoms with van der Waals surface area (Å²) in [6.07, 6.45) is 0.314. The molecule has 1 fully saturated rings. The topological polar surface area (TPSA) is 123 Å². The first-order valence-corrected chi connectivity index (χ1v) is 18.7. The van der Waals surface area contributed by atoms with E-state index in [0.717, 1.165) is 11.1 Å². The second-order valence-electron chi connectivity index (χ2n) is 14.9. The summed E-state index contributed by atoms with van der Waals surface area (Å²) in [4.78, 5) is 41.9. The number of hydrogen-bond acceptors (Lipinski definition) is 7. The average Bonchev–Trinajstić information content (AvgIpc) is 3.48. The van der Waals surface area contributed by atoms with Crippen LogP contribution in [0.5, 0.6) is 11.5 Å². The molecule has 0 radical (unpaired) electrons. The summed E-state index contributed by atoms with van der Waals surface area (Å²) < 4.78 is 32.7. The van der Waals surface area contributed by atoms with Gasteiger partial charge in [-0.25, -0.2) is 9.36 Å². The summed E-state index contributed by atoms with van der Waals surface area (Å²) in [7, 11) is -4.13. The highest BCUT2D eigenvalue weighted by molar-refractivity contribution is 7.55. The quantitative estimate of drug-likeness (QED) is 0.204. The molecule has 0 saturated carbocycles. The molecular formula is C37H56N3O7P. The van der Waals surface area contributed by atoms with Crippen LogP contribution >= 0.6 is 7.60 Å². The summed E-state index contributed by atoms with van der Waals surface area (Å²) in [6.45, 7) is 21.3. The van der Waals surface area contributed by atoms with Crippen LogP contribution in [0.25, 0.3) is 0 Å². The minimum Gasteiger partial charge on any atom is -0.444 e. The molecule has 3 unspecified atom stereocenters. The molecule has 0 spiro atoms. The number of rotatable bonds is 13. The normalized spacial score (nSPS) is 16.6. The first-order valence-electron chi connectivity index (χ1n) is 17.1. The molecule has 3 atom stereocenters. The first kappa shape index (κ1) is 38.9. The first-order chi connectivity index (χ1) is 22.3. The van der Waals surface area contributed by atoms with Crippen LogP contribution in [0.2, 0.25) is 0 Å². The molecule has 0 aromatic heterocycles. The lowest BCUT2D eigenvalue weighted by atomic mass is 10.0. The van der Waals surface area contributed by atoms with E-state index in [9.17, 15) is 18.9 Å². The van der Waals surface area contributed by atoms with Crippen molar-refractivity contribution in [2.45, 2.75) is 124 Å². The number of likely N-dealkylation sites (tertiary alicyclic amines) is 1. The van der Waals surface area contributed by atoms with Crippen LogP contribution in [0.15, 0.2) is 48.5 Å². The van der Waals surface area contributed by atoms with Gasteiger partial charge in [-0.15, -0.1) is 0 Å². The van der Waals surface area contributed by atoms with E-state index in [-0.39, 0.29) is 17.7 Å². The SMILES string of the molecule is CC(C)c1ccc(OP(=O)(Oc2ccc(C(C)C)cc2)C(NC(=O)C2CCCN2C(=O)C(NC(=O)OC(C)(C)C)C(C)C)C(C)C)cc1. The number of benzene rings is 2. The van der Waals surface area contributed by atoms with Gasteiger partial charge in [0.15, 0.2) is 5.78 Å². The van der Waals surface area contributed by atoms with E-state index < -0.39 is 43.1 Å². The van der Waals surface area contributed by atoms with Crippen LogP contribution in [0.3, 0.4) is 0 Å². The number of ether oxygens (including phenoxy) is 1. The van der Waals surface area contributed by atoms with Crippen molar-refractivity contribution in [3.63, 3.8) is 0 Å². The Hall–Kier alpha value is -3.52. The highest BCUT2D eigenvalue weighted by Gasteiger charge is 2.46. The molecule has 2 aromatic rings. The fraction of sp³-hybridized carbons (Fsp3) is 0.595. The van der Waals surface area contributed by atoms with Gasteiger partial charge in [0.1, 0.15) is 29.2 Å². The third kappa shape index (κ3) is 10.5. The Labute approximate surface area is 287 Å². The largest absolute Gasteiger partial charge is 0.453 e. The molecule has 1 saturated heterocycles. The standard InChI is InChI=1S/C37H56N3O7P/c1-23(2)27-14-18-29(19-15-27)46-48(44,47-30-20-16-28(17-21-30)24(3)4)34(26(7)8)39-33(41)31-13-12-22-40(31)35(42)32(25(5)6)38-36(43)45-37(9,10)11/h14-21,23-26,31-32,34H,12-13,22H2,1-11H3,(H,38,43)(H,39,41). The molecule has 1 aliphatic rings.